The van der Waals surface area contributed by atoms with Crippen molar-refractivity contribution in [2.45, 2.75) is 32.6 Å². The van der Waals surface area contributed by atoms with Crippen molar-refractivity contribution in [2.75, 3.05) is 7.11 Å². The minimum atomic E-state index is 0.266. The van der Waals surface area contributed by atoms with Crippen LogP contribution in [0, 0.1) is 0 Å². The summed E-state index contributed by atoms with van der Waals surface area (Å²) in [6, 6.07) is 9.98. The molecule has 2 nitrogen and oxygen atoms in total. The molecule has 2 aromatic rings. The molecule has 0 aliphatic carbocycles. The Kier molecular flexibility index (Phi) is 4.08. The Morgan fingerprint density at radius 3 is 2.67 bits per heavy atom. The van der Waals surface area contributed by atoms with Crippen molar-refractivity contribution in [2.24, 2.45) is 0 Å². The van der Waals surface area contributed by atoms with Gasteiger partial charge in [0, 0.05) is 5.39 Å². The number of aryl methyl sites for hydroxylation is 1. The number of hydrogen-bond acceptors (Lipinski definition) is 2. The highest BCUT2D eigenvalue weighted by Gasteiger charge is 2.10. The van der Waals surface area contributed by atoms with E-state index >= 15 is 0 Å². The number of benzene rings is 2. The molecular weight excluding hydrogens is 224 g/mol. The first kappa shape index (κ1) is 12.7. The van der Waals surface area contributed by atoms with E-state index in [1.807, 2.05) is 18.2 Å². The molecule has 0 saturated heterocycles. The lowest BCUT2D eigenvalue weighted by molar-refractivity contribution is 0.376. The smallest absolute Gasteiger partial charge is 0.165 e. The SMILES string of the molecule is CCCCCc1cccc2ccc(OC)c(O)c12. The van der Waals surface area contributed by atoms with Gasteiger partial charge in [-0.2, -0.15) is 0 Å². The third-order valence-electron chi connectivity index (χ3n) is 3.34. The van der Waals surface area contributed by atoms with E-state index in [-0.39, 0.29) is 5.75 Å². The average Bonchev–Trinajstić information content (AvgIpc) is 2.39. The van der Waals surface area contributed by atoms with Gasteiger partial charge in [0.15, 0.2) is 11.5 Å². The van der Waals surface area contributed by atoms with E-state index in [1.165, 1.54) is 18.4 Å². The predicted molar refractivity (Wildman–Crippen MR) is 75.4 cm³/mol. The summed E-state index contributed by atoms with van der Waals surface area (Å²) in [5.74, 6) is 0.813. The molecule has 0 spiro atoms. The quantitative estimate of drug-likeness (QED) is 0.795. The van der Waals surface area contributed by atoms with Gasteiger partial charge in [0.25, 0.3) is 0 Å². The third-order valence-corrected chi connectivity index (χ3v) is 3.34. The van der Waals surface area contributed by atoms with E-state index in [0.29, 0.717) is 5.75 Å². The summed E-state index contributed by atoms with van der Waals surface area (Å²) in [6.07, 6.45) is 4.60. The maximum absolute atomic E-state index is 10.3. The normalized spacial score (nSPS) is 10.8. The first-order chi connectivity index (χ1) is 8.77. The van der Waals surface area contributed by atoms with Gasteiger partial charge < -0.3 is 9.84 Å². The standard InChI is InChI=1S/C16H20O2/c1-3-4-5-7-12-8-6-9-13-10-11-14(18-2)16(17)15(12)13/h6,8-11,17H,3-5,7H2,1-2H3. The van der Waals surface area contributed by atoms with Crippen LogP contribution < -0.4 is 4.74 Å². The maximum Gasteiger partial charge on any atom is 0.165 e. The first-order valence-electron chi connectivity index (χ1n) is 6.55. The van der Waals surface area contributed by atoms with E-state index < -0.39 is 0 Å². The van der Waals surface area contributed by atoms with Crippen molar-refractivity contribution in [3.8, 4) is 11.5 Å². The topological polar surface area (TPSA) is 29.5 Å². The van der Waals surface area contributed by atoms with Gasteiger partial charge in [-0.1, -0.05) is 44.0 Å². The molecule has 0 aliphatic rings. The number of fused-ring (bicyclic) bond motifs is 1. The highest BCUT2D eigenvalue weighted by atomic mass is 16.5. The largest absolute Gasteiger partial charge is 0.504 e. The molecule has 0 aliphatic heterocycles. The fourth-order valence-corrected chi connectivity index (χ4v) is 2.35. The van der Waals surface area contributed by atoms with Crippen LogP contribution in [0.1, 0.15) is 31.7 Å². The van der Waals surface area contributed by atoms with Crippen LogP contribution >= 0.6 is 0 Å². The zero-order chi connectivity index (χ0) is 13.0. The lowest BCUT2D eigenvalue weighted by atomic mass is 9.98. The number of rotatable bonds is 5. The molecule has 0 unspecified atom stereocenters. The van der Waals surface area contributed by atoms with Crippen LogP contribution in [0.4, 0.5) is 0 Å². The summed E-state index contributed by atoms with van der Waals surface area (Å²) in [7, 11) is 1.58. The Labute approximate surface area is 108 Å². The first-order valence-corrected chi connectivity index (χ1v) is 6.55. The molecular formula is C16H20O2. The molecule has 0 radical (unpaired) electrons. The fraction of sp³-hybridized carbons (Fsp3) is 0.375. The van der Waals surface area contributed by atoms with Crippen molar-refractivity contribution >= 4 is 10.8 Å². The molecule has 1 N–H and O–H groups in total. The van der Waals surface area contributed by atoms with Gasteiger partial charge in [0.05, 0.1) is 7.11 Å². The molecule has 2 rings (SSSR count). The van der Waals surface area contributed by atoms with E-state index in [0.717, 1.165) is 23.6 Å². The van der Waals surface area contributed by atoms with Crippen LogP contribution in [-0.2, 0) is 6.42 Å². The number of phenols is 1. The van der Waals surface area contributed by atoms with Crippen LogP contribution in [0.15, 0.2) is 30.3 Å². The summed E-state index contributed by atoms with van der Waals surface area (Å²) in [4.78, 5) is 0. The number of ether oxygens (including phenoxy) is 1. The highest BCUT2D eigenvalue weighted by molar-refractivity contribution is 5.93. The van der Waals surface area contributed by atoms with Gasteiger partial charge in [-0.05, 0) is 29.9 Å². The van der Waals surface area contributed by atoms with Crippen LogP contribution in [0.2, 0.25) is 0 Å². The molecule has 0 atom stereocenters. The van der Waals surface area contributed by atoms with E-state index in [9.17, 15) is 5.11 Å². The van der Waals surface area contributed by atoms with Crippen molar-refractivity contribution < 1.29 is 9.84 Å². The highest BCUT2D eigenvalue weighted by Crippen LogP contribution is 2.36. The maximum atomic E-state index is 10.3. The molecule has 0 saturated carbocycles. The lowest BCUT2D eigenvalue weighted by Gasteiger charge is -2.11. The molecule has 18 heavy (non-hydrogen) atoms. The zero-order valence-electron chi connectivity index (χ0n) is 11.1. The van der Waals surface area contributed by atoms with E-state index in [4.69, 9.17) is 4.74 Å². The molecule has 0 bridgehead atoms. The van der Waals surface area contributed by atoms with Gasteiger partial charge in [-0.3, -0.25) is 0 Å². The molecule has 2 aromatic carbocycles. The number of unbranched alkanes of at least 4 members (excludes halogenated alkanes) is 2. The van der Waals surface area contributed by atoms with Crippen LogP contribution in [-0.4, -0.2) is 12.2 Å². The number of phenolic OH excluding ortho intramolecular Hbond substituents is 1. The zero-order valence-corrected chi connectivity index (χ0v) is 11.1. The fourth-order valence-electron chi connectivity index (χ4n) is 2.35. The second kappa shape index (κ2) is 5.76. The Morgan fingerprint density at radius 2 is 1.94 bits per heavy atom. The van der Waals surface area contributed by atoms with Crippen LogP contribution in [0.25, 0.3) is 10.8 Å². The van der Waals surface area contributed by atoms with Crippen molar-refractivity contribution in [1.29, 1.82) is 0 Å². The minimum Gasteiger partial charge on any atom is -0.504 e. The monoisotopic (exact) mass is 244 g/mol. The summed E-state index contributed by atoms with van der Waals surface area (Å²) < 4.78 is 5.18. The summed E-state index contributed by atoms with van der Waals surface area (Å²) >= 11 is 0. The molecule has 2 heteroatoms. The van der Waals surface area contributed by atoms with Gasteiger partial charge in [-0.25, -0.2) is 0 Å². The Hall–Kier alpha value is -1.70. The second-order valence-electron chi connectivity index (χ2n) is 4.59. The van der Waals surface area contributed by atoms with Crippen molar-refractivity contribution in [3.63, 3.8) is 0 Å². The summed E-state index contributed by atoms with van der Waals surface area (Å²) in [5.41, 5.74) is 1.21. The number of hydrogen-bond donors (Lipinski definition) is 1. The summed E-state index contributed by atoms with van der Waals surface area (Å²) in [6.45, 7) is 2.20. The molecule has 0 fully saturated rings. The van der Waals surface area contributed by atoms with Gasteiger partial charge in [-0.15, -0.1) is 0 Å². The molecule has 0 amide bonds. The van der Waals surface area contributed by atoms with Gasteiger partial charge in [0.1, 0.15) is 0 Å². The van der Waals surface area contributed by atoms with E-state index in [1.54, 1.807) is 7.11 Å². The van der Waals surface area contributed by atoms with Gasteiger partial charge in [0.2, 0.25) is 0 Å². The minimum absolute atomic E-state index is 0.266. The number of aromatic hydroxyl groups is 1. The van der Waals surface area contributed by atoms with Crippen LogP contribution in [0.5, 0.6) is 11.5 Å². The predicted octanol–water partition coefficient (Wildman–Crippen LogP) is 4.29. The van der Waals surface area contributed by atoms with E-state index in [2.05, 4.69) is 19.1 Å². The summed E-state index contributed by atoms with van der Waals surface area (Å²) in [5, 5.41) is 12.3. The molecule has 0 heterocycles. The second-order valence-corrected chi connectivity index (χ2v) is 4.59. The lowest BCUT2D eigenvalue weighted by Crippen LogP contribution is -1.90. The van der Waals surface area contributed by atoms with Crippen molar-refractivity contribution in [1.82, 2.24) is 0 Å². The van der Waals surface area contributed by atoms with Gasteiger partial charge >= 0.3 is 0 Å². The Bertz CT molecular complexity index is 532. The van der Waals surface area contributed by atoms with Crippen molar-refractivity contribution in [3.05, 3.63) is 35.9 Å². The Morgan fingerprint density at radius 1 is 1.11 bits per heavy atom. The number of methoxy groups -OCH3 is 1. The molecule has 96 valence electrons. The average molecular weight is 244 g/mol. The Balaban J connectivity index is 2.45. The third kappa shape index (κ3) is 2.42. The van der Waals surface area contributed by atoms with Crippen LogP contribution in [0.3, 0.4) is 0 Å². The molecule has 0 aromatic heterocycles.